The second-order valence-corrected chi connectivity index (χ2v) is 10.9. The van der Waals surface area contributed by atoms with Crippen molar-refractivity contribution in [2.24, 2.45) is 0 Å². The van der Waals surface area contributed by atoms with Crippen molar-refractivity contribution in [2.75, 3.05) is 4.90 Å². The van der Waals surface area contributed by atoms with Gasteiger partial charge in [0.2, 0.25) is 0 Å². The molecule has 0 N–H and O–H groups in total. The van der Waals surface area contributed by atoms with Gasteiger partial charge in [-0.15, -0.1) is 0 Å². The van der Waals surface area contributed by atoms with Gasteiger partial charge in [0.25, 0.3) is 11.8 Å². The maximum atomic E-state index is 12.8. The van der Waals surface area contributed by atoms with Crippen molar-refractivity contribution in [1.29, 1.82) is 0 Å². The molecule has 4 aromatic rings. The third kappa shape index (κ3) is 4.88. The molecular weight excluding hydrogens is 490 g/mol. The Hall–Kier alpha value is -4.52. The molecule has 2 amide bonds. The second kappa shape index (κ2) is 9.66. The molecule has 198 valence electrons. The molecule has 7 nitrogen and oxygen atoms in total. The molecule has 3 aromatic carbocycles. The fourth-order valence-corrected chi connectivity index (χ4v) is 4.77. The molecule has 0 bridgehead atoms. The number of hydrogen-bond donors (Lipinski definition) is 0. The van der Waals surface area contributed by atoms with Crippen molar-refractivity contribution >= 4 is 34.5 Å². The van der Waals surface area contributed by atoms with E-state index in [1.165, 1.54) is 4.90 Å². The van der Waals surface area contributed by atoms with Crippen molar-refractivity contribution in [3.05, 3.63) is 94.8 Å². The van der Waals surface area contributed by atoms with Gasteiger partial charge in [-0.25, -0.2) is 14.7 Å². The zero-order chi connectivity index (χ0) is 28.1. The zero-order valence-corrected chi connectivity index (χ0v) is 23.0. The Morgan fingerprint density at radius 2 is 1.51 bits per heavy atom. The summed E-state index contributed by atoms with van der Waals surface area (Å²) >= 11 is 0. The van der Waals surface area contributed by atoms with Gasteiger partial charge in [-0.3, -0.25) is 9.59 Å². The fraction of sp³-hybridized carbons (Fsp3) is 0.250. The number of nitrogens with zero attached hydrogens (tertiary/aromatic N) is 3. The highest BCUT2D eigenvalue weighted by atomic mass is 16.6. The van der Waals surface area contributed by atoms with Gasteiger partial charge in [-0.2, -0.15) is 0 Å². The van der Waals surface area contributed by atoms with E-state index in [0.29, 0.717) is 28.9 Å². The number of anilines is 1. The maximum Gasteiger partial charge on any atom is 0.339 e. The van der Waals surface area contributed by atoms with Crippen LogP contribution in [0.15, 0.2) is 77.9 Å². The van der Waals surface area contributed by atoms with Gasteiger partial charge in [0.15, 0.2) is 0 Å². The molecule has 0 saturated carbocycles. The standard InChI is InChI=1S/C32H31N3O4/c1-19-20(2)30(37)35(29(19)36)24-15-16-27-28(17-24)34(21(3)33-27)18-22-11-13-23(14-12-22)25-9-7-8-10-26(25)31(38)39-32(4,5)6/h7-17H,18H2,1-6H3. The van der Waals surface area contributed by atoms with Crippen LogP contribution in [-0.2, 0) is 20.9 Å². The molecule has 5 rings (SSSR count). The maximum absolute atomic E-state index is 12.8. The van der Waals surface area contributed by atoms with Gasteiger partial charge in [0.1, 0.15) is 11.4 Å². The van der Waals surface area contributed by atoms with E-state index >= 15 is 0 Å². The van der Waals surface area contributed by atoms with Crippen LogP contribution in [0.5, 0.6) is 0 Å². The van der Waals surface area contributed by atoms with Crippen LogP contribution in [0.1, 0.15) is 56.4 Å². The number of hydrogen-bond acceptors (Lipinski definition) is 5. The summed E-state index contributed by atoms with van der Waals surface area (Å²) in [5.41, 5.74) is 5.82. The van der Waals surface area contributed by atoms with Gasteiger partial charge >= 0.3 is 5.97 Å². The lowest BCUT2D eigenvalue weighted by Crippen LogP contribution is -2.31. The van der Waals surface area contributed by atoms with Crippen LogP contribution in [0, 0.1) is 6.92 Å². The molecule has 1 aliphatic rings. The highest BCUT2D eigenvalue weighted by Gasteiger charge is 2.34. The number of rotatable bonds is 5. The van der Waals surface area contributed by atoms with Crippen LogP contribution in [0.3, 0.4) is 0 Å². The molecule has 39 heavy (non-hydrogen) atoms. The Morgan fingerprint density at radius 1 is 0.872 bits per heavy atom. The summed E-state index contributed by atoms with van der Waals surface area (Å²) in [5, 5.41) is 0. The van der Waals surface area contributed by atoms with E-state index in [2.05, 4.69) is 9.55 Å². The number of benzene rings is 3. The summed E-state index contributed by atoms with van der Waals surface area (Å²) in [6.45, 7) is 11.4. The first-order chi connectivity index (χ1) is 18.4. The van der Waals surface area contributed by atoms with Gasteiger partial charge < -0.3 is 9.30 Å². The molecule has 1 aromatic heterocycles. The number of ether oxygens (including phenoxy) is 1. The molecule has 7 heteroatoms. The van der Waals surface area contributed by atoms with Crippen LogP contribution in [0.25, 0.3) is 22.2 Å². The summed E-state index contributed by atoms with van der Waals surface area (Å²) in [5.74, 6) is -0.108. The number of fused-ring (bicyclic) bond motifs is 1. The van der Waals surface area contributed by atoms with Crippen LogP contribution in [0.4, 0.5) is 5.69 Å². The molecule has 0 radical (unpaired) electrons. The number of aryl methyl sites for hydroxylation is 1. The highest BCUT2D eigenvalue weighted by molar-refractivity contribution is 6.32. The largest absolute Gasteiger partial charge is 0.456 e. The van der Waals surface area contributed by atoms with Crippen molar-refractivity contribution in [2.45, 2.75) is 53.7 Å². The molecule has 0 aliphatic carbocycles. The van der Waals surface area contributed by atoms with E-state index in [1.54, 1.807) is 26.0 Å². The van der Waals surface area contributed by atoms with Crippen molar-refractivity contribution in [1.82, 2.24) is 9.55 Å². The number of amides is 2. The van der Waals surface area contributed by atoms with E-state index in [1.807, 2.05) is 82.3 Å². The Morgan fingerprint density at radius 3 is 2.15 bits per heavy atom. The Balaban J connectivity index is 1.44. The summed E-state index contributed by atoms with van der Waals surface area (Å²) in [4.78, 5) is 44.2. The van der Waals surface area contributed by atoms with Crippen LogP contribution in [-0.4, -0.2) is 32.9 Å². The lowest BCUT2D eigenvalue weighted by Gasteiger charge is -2.20. The summed E-state index contributed by atoms with van der Waals surface area (Å²) in [6, 6.07) is 20.9. The van der Waals surface area contributed by atoms with Crippen LogP contribution in [0.2, 0.25) is 0 Å². The minimum Gasteiger partial charge on any atom is -0.456 e. The molecule has 0 fully saturated rings. The van der Waals surface area contributed by atoms with Crippen LogP contribution >= 0.6 is 0 Å². The van der Waals surface area contributed by atoms with Crippen molar-refractivity contribution in [3.63, 3.8) is 0 Å². The van der Waals surface area contributed by atoms with Gasteiger partial charge in [0, 0.05) is 17.7 Å². The number of carbonyl (C=O) groups is 3. The predicted octanol–water partition coefficient (Wildman–Crippen LogP) is 6.22. The Labute approximate surface area is 227 Å². The Kier molecular flexibility index (Phi) is 6.46. The predicted molar refractivity (Wildman–Crippen MR) is 151 cm³/mol. The van der Waals surface area contributed by atoms with Crippen molar-refractivity contribution < 1.29 is 19.1 Å². The highest BCUT2D eigenvalue weighted by Crippen LogP contribution is 2.31. The number of imidazole rings is 1. The molecule has 0 atom stereocenters. The molecule has 0 saturated heterocycles. The first-order valence-electron chi connectivity index (χ1n) is 12.9. The van der Waals surface area contributed by atoms with E-state index in [-0.39, 0.29) is 17.8 Å². The topological polar surface area (TPSA) is 81.5 Å². The quantitative estimate of drug-likeness (QED) is 0.230. The van der Waals surface area contributed by atoms with E-state index in [4.69, 9.17) is 4.74 Å². The molecule has 1 aliphatic heterocycles. The normalized spacial score (nSPS) is 14.1. The first kappa shape index (κ1) is 26.1. The summed E-state index contributed by atoms with van der Waals surface area (Å²) in [7, 11) is 0. The SMILES string of the molecule is CC1=C(C)C(=O)N(c2ccc3nc(C)n(Cc4ccc(-c5ccccc5C(=O)OC(C)(C)C)cc4)c3c2)C1=O. The smallest absolute Gasteiger partial charge is 0.339 e. The summed E-state index contributed by atoms with van der Waals surface area (Å²) < 4.78 is 7.68. The zero-order valence-electron chi connectivity index (χ0n) is 23.0. The van der Waals surface area contributed by atoms with E-state index < -0.39 is 5.60 Å². The molecule has 2 heterocycles. The molecule has 0 unspecified atom stereocenters. The number of imide groups is 1. The van der Waals surface area contributed by atoms with Gasteiger partial charge in [0.05, 0.1) is 22.3 Å². The number of esters is 1. The third-order valence-electron chi connectivity index (χ3n) is 6.94. The van der Waals surface area contributed by atoms with Crippen LogP contribution < -0.4 is 4.90 Å². The number of carbonyl (C=O) groups excluding carboxylic acids is 3. The lowest BCUT2D eigenvalue weighted by molar-refractivity contribution is -0.120. The average Bonchev–Trinajstić information content (AvgIpc) is 3.30. The summed E-state index contributed by atoms with van der Waals surface area (Å²) in [6.07, 6.45) is 0. The van der Waals surface area contributed by atoms with E-state index in [9.17, 15) is 14.4 Å². The number of aromatic nitrogens is 2. The minimum absolute atomic E-state index is 0.290. The first-order valence-corrected chi connectivity index (χ1v) is 12.9. The van der Waals surface area contributed by atoms with Gasteiger partial charge in [-0.05, 0) is 82.5 Å². The third-order valence-corrected chi connectivity index (χ3v) is 6.94. The van der Waals surface area contributed by atoms with Gasteiger partial charge in [-0.1, -0.05) is 42.5 Å². The molecule has 0 spiro atoms. The average molecular weight is 522 g/mol. The lowest BCUT2D eigenvalue weighted by atomic mass is 9.98. The minimum atomic E-state index is -0.580. The van der Waals surface area contributed by atoms with E-state index in [0.717, 1.165) is 33.5 Å². The molecular formula is C32H31N3O4. The monoisotopic (exact) mass is 521 g/mol. The second-order valence-electron chi connectivity index (χ2n) is 10.9. The fourth-order valence-electron chi connectivity index (χ4n) is 4.77. The Bertz CT molecular complexity index is 1650. The van der Waals surface area contributed by atoms with Crippen molar-refractivity contribution in [3.8, 4) is 11.1 Å².